The quantitative estimate of drug-likeness (QED) is 0.819. The van der Waals surface area contributed by atoms with Crippen molar-refractivity contribution in [2.75, 3.05) is 39.4 Å². The Bertz CT molecular complexity index is 653. The molecule has 0 aromatic heterocycles. The minimum atomic E-state index is -0.754. The number of phenolic OH excluding ortho intramolecular Hbond substituents is 1. The largest absolute Gasteiger partial charge is 0.507 e. The van der Waals surface area contributed by atoms with Gasteiger partial charge in [0.1, 0.15) is 11.3 Å². The van der Waals surface area contributed by atoms with E-state index < -0.39 is 18.7 Å². The van der Waals surface area contributed by atoms with Gasteiger partial charge >= 0.3 is 12.1 Å². The molecular weight excluding hydrogens is 328 g/mol. The molecule has 0 atom stereocenters. The number of ether oxygens (including phenoxy) is 2. The van der Waals surface area contributed by atoms with Crippen LogP contribution in [0.5, 0.6) is 5.75 Å². The molecule has 1 N–H and O–H groups in total. The van der Waals surface area contributed by atoms with Gasteiger partial charge in [0, 0.05) is 26.2 Å². The molecule has 8 heteroatoms. The second-order valence-electron chi connectivity index (χ2n) is 5.66. The van der Waals surface area contributed by atoms with Gasteiger partial charge in [-0.25, -0.2) is 9.59 Å². The highest BCUT2D eigenvalue weighted by atomic mass is 16.6. The fraction of sp³-hybridized carbons (Fsp3) is 0.471. The zero-order valence-corrected chi connectivity index (χ0v) is 14.4. The molecule has 1 heterocycles. The number of carbonyl (C=O) groups excluding carboxylic acids is 3. The van der Waals surface area contributed by atoms with E-state index in [1.165, 1.54) is 21.9 Å². The second kappa shape index (κ2) is 8.36. The normalized spacial score (nSPS) is 14.2. The number of aryl methyl sites for hydroxylation is 1. The molecule has 136 valence electrons. The lowest BCUT2D eigenvalue weighted by Gasteiger charge is -2.33. The number of piperazine rings is 1. The highest BCUT2D eigenvalue weighted by Crippen LogP contribution is 2.19. The summed E-state index contributed by atoms with van der Waals surface area (Å²) in [5.74, 6) is -1.28. The maximum Gasteiger partial charge on any atom is 0.409 e. The van der Waals surface area contributed by atoms with Gasteiger partial charge in [-0.15, -0.1) is 0 Å². The van der Waals surface area contributed by atoms with Crippen molar-refractivity contribution >= 4 is 18.0 Å². The monoisotopic (exact) mass is 350 g/mol. The van der Waals surface area contributed by atoms with E-state index in [0.717, 1.165) is 5.56 Å². The van der Waals surface area contributed by atoms with Crippen LogP contribution in [0.3, 0.4) is 0 Å². The highest BCUT2D eigenvalue weighted by molar-refractivity contribution is 5.94. The van der Waals surface area contributed by atoms with Crippen LogP contribution in [0.25, 0.3) is 0 Å². The van der Waals surface area contributed by atoms with Gasteiger partial charge in [-0.1, -0.05) is 6.07 Å². The lowest BCUT2D eigenvalue weighted by atomic mass is 10.1. The number of carbonyl (C=O) groups is 3. The molecule has 1 aromatic rings. The summed E-state index contributed by atoms with van der Waals surface area (Å²) >= 11 is 0. The topological polar surface area (TPSA) is 96.4 Å². The Hall–Kier alpha value is -2.77. The number of esters is 1. The van der Waals surface area contributed by atoms with Crippen LogP contribution in [0.2, 0.25) is 0 Å². The molecule has 0 radical (unpaired) electrons. The third-order valence-corrected chi connectivity index (χ3v) is 3.86. The fourth-order valence-electron chi connectivity index (χ4n) is 2.46. The van der Waals surface area contributed by atoms with Crippen molar-refractivity contribution in [1.29, 1.82) is 0 Å². The van der Waals surface area contributed by atoms with E-state index in [1.807, 2.05) is 0 Å². The third-order valence-electron chi connectivity index (χ3n) is 3.86. The van der Waals surface area contributed by atoms with Crippen LogP contribution in [0.15, 0.2) is 18.2 Å². The van der Waals surface area contributed by atoms with E-state index in [2.05, 4.69) is 0 Å². The van der Waals surface area contributed by atoms with Crippen LogP contribution in [0, 0.1) is 6.92 Å². The van der Waals surface area contributed by atoms with Gasteiger partial charge in [0.25, 0.3) is 5.91 Å². The highest BCUT2D eigenvalue weighted by Gasteiger charge is 2.25. The van der Waals surface area contributed by atoms with E-state index >= 15 is 0 Å². The number of benzene rings is 1. The SMILES string of the molecule is CCOC(=O)N1CCN(C(=O)COC(=O)c2ccc(C)cc2O)CC1. The number of phenols is 1. The van der Waals surface area contributed by atoms with Crippen molar-refractivity contribution in [3.63, 3.8) is 0 Å². The molecule has 0 saturated carbocycles. The average molecular weight is 350 g/mol. The summed E-state index contributed by atoms with van der Waals surface area (Å²) in [4.78, 5) is 38.7. The average Bonchev–Trinajstić information content (AvgIpc) is 2.59. The molecule has 1 aliphatic rings. The van der Waals surface area contributed by atoms with E-state index in [9.17, 15) is 19.5 Å². The van der Waals surface area contributed by atoms with Crippen molar-refractivity contribution in [2.45, 2.75) is 13.8 Å². The van der Waals surface area contributed by atoms with E-state index in [0.29, 0.717) is 32.8 Å². The van der Waals surface area contributed by atoms with Gasteiger partial charge in [0.2, 0.25) is 0 Å². The Morgan fingerprint density at radius 2 is 1.72 bits per heavy atom. The van der Waals surface area contributed by atoms with E-state index in [-0.39, 0.29) is 17.2 Å². The van der Waals surface area contributed by atoms with Gasteiger partial charge in [-0.05, 0) is 31.5 Å². The Kier molecular flexibility index (Phi) is 6.21. The summed E-state index contributed by atoms with van der Waals surface area (Å²) in [6.45, 7) is 4.86. The molecule has 1 aliphatic heterocycles. The van der Waals surface area contributed by atoms with Crippen molar-refractivity contribution < 1.29 is 29.0 Å². The van der Waals surface area contributed by atoms with E-state index in [1.54, 1.807) is 19.9 Å². The number of rotatable bonds is 4. The number of hydrogen-bond donors (Lipinski definition) is 1. The Morgan fingerprint density at radius 1 is 1.08 bits per heavy atom. The zero-order chi connectivity index (χ0) is 18.4. The van der Waals surface area contributed by atoms with Gasteiger partial charge in [0.05, 0.1) is 6.61 Å². The van der Waals surface area contributed by atoms with Gasteiger partial charge in [-0.3, -0.25) is 4.79 Å². The molecule has 1 aromatic carbocycles. The first-order valence-electron chi connectivity index (χ1n) is 8.08. The van der Waals surface area contributed by atoms with Gasteiger partial charge in [-0.2, -0.15) is 0 Å². The zero-order valence-electron chi connectivity index (χ0n) is 14.4. The minimum absolute atomic E-state index is 0.0190. The molecule has 1 fully saturated rings. The Labute approximate surface area is 145 Å². The van der Waals surface area contributed by atoms with Crippen LogP contribution in [-0.2, 0) is 14.3 Å². The smallest absolute Gasteiger partial charge is 0.409 e. The van der Waals surface area contributed by atoms with Gasteiger partial charge in [0.15, 0.2) is 6.61 Å². The fourth-order valence-corrected chi connectivity index (χ4v) is 2.46. The molecule has 25 heavy (non-hydrogen) atoms. The summed E-state index contributed by atoms with van der Waals surface area (Å²) < 4.78 is 9.90. The summed E-state index contributed by atoms with van der Waals surface area (Å²) in [5, 5.41) is 9.76. The Balaban J connectivity index is 1.81. The number of nitrogens with zero attached hydrogens (tertiary/aromatic N) is 2. The first-order valence-corrected chi connectivity index (χ1v) is 8.08. The number of amides is 2. The second-order valence-corrected chi connectivity index (χ2v) is 5.66. The summed E-state index contributed by atoms with van der Waals surface area (Å²) in [7, 11) is 0. The van der Waals surface area contributed by atoms with Crippen molar-refractivity contribution in [1.82, 2.24) is 9.80 Å². The third kappa shape index (κ3) is 4.85. The lowest BCUT2D eigenvalue weighted by Crippen LogP contribution is -2.51. The first-order chi connectivity index (χ1) is 11.9. The molecule has 8 nitrogen and oxygen atoms in total. The number of aromatic hydroxyl groups is 1. The molecule has 0 bridgehead atoms. The predicted molar refractivity (Wildman–Crippen MR) is 88.3 cm³/mol. The van der Waals surface area contributed by atoms with E-state index in [4.69, 9.17) is 9.47 Å². The van der Waals surface area contributed by atoms with Crippen LogP contribution < -0.4 is 0 Å². The lowest BCUT2D eigenvalue weighted by molar-refractivity contribution is -0.136. The van der Waals surface area contributed by atoms with Crippen LogP contribution in [0.4, 0.5) is 4.79 Å². The van der Waals surface area contributed by atoms with Crippen molar-refractivity contribution in [3.05, 3.63) is 29.3 Å². The molecule has 1 saturated heterocycles. The number of hydrogen-bond acceptors (Lipinski definition) is 6. The van der Waals surface area contributed by atoms with Crippen LogP contribution in [-0.4, -0.2) is 72.3 Å². The van der Waals surface area contributed by atoms with Crippen LogP contribution in [0.1, 0.15) is 22.8 Å². The predicted octanol–water partition coefficient (Wildman–Crippen LogP) is 1.16. The van der Waals surface area contributed by atoms with Gasteiger partial charge < -0.3 is 24.4 Å². The molecule has 0 spiro atoms. The molecule has 2 rings (SSSR count). The maximum atomic E-state index is 12.1. The summed E-state index contributed by atoms with van der Waals surface area (Å²) in [6.07, 6.45) is -0.393. The summed E-state index contributed by atoms with van der Waals surface area (Å²) in [5.41, 5.74) is 0.829. The molecular formula is C17H22N2O6. The van der Waals surface area contributed by atoms with Crippen LogP contribution >= 0.6 is 0 Å². The first kappa shape index (κ1) is 18.6. The maximum absolute atomic E-state index is 12.1. The standard InChI is InChI=1S/C17H22N2O6/c1-3-24-17(23)19-8-6-18(7-9-19)15(21)11-25-16(22)13-5-4-12(2)10-14(13)20/h4-5,10,20H,3,6-9,11H2,1-2H3. The van der Waals surface area contributed by atoms with Crippen molar-refractivity contribution in [2.24, 2.45) is 0 Å². The van der Waals surface area contributed by atoms with Crippen molar-refractivity contribution in [3.8, 4) is 5.75 Å². The minimum Gasteiger partial charge on any atom is -0.507 e. The molecule has 0 unspecified atom stereocenters. The summed E-state index contributed by atoms with van der Waals surface area (Å²) in [6, 6.07) is 4.58. The Morgan fingerprint density at radius 3 is 2.32 bits per heavy atom. The molecule has 2 amide bonds. The molecule has 0 aliphatic carbocycles.